The molecule has 28 heavy (non-hydrogen) atoms. The number of oxazole rings is 1. The van der Waals surface area contributed by atoms with Crippen LogP contribution >= 0.6 is 0 Å². The number of hydrogen-bond donors (Lipinski definition) is 1. The number of amides is 1. The number of carbonyl (C=O) groups is 1. The van der Waals surface area contributed by atoms with Crippen molar-refractivity contribution in [1.29, 1.82) is 0 Å². The second-order valence-corrected chi connectivity index (χ2v) is 7.11. The molecule has 1 amide bonds. The first kappa shape index (κ1) is 17.9. The van der Waals surface area contributed by atoms with Gasteiger partial charge in [0.15, 0.2) is 17.2 Å². The lowest BCUT2D eigenvalue weighted by atomic mass is 10.2. The van der Waals surface area contributed by atoms with E-state index in [-0.39, 0.29) is 17.5 Å². The summed E-state index contributed by atoms with van der Waals surface area (Å²) in [5, 5.41) is 11.1. The molecular weight excluding hydrogens is 354 g/mol. The summed E-state index contributed by atoms with van der Waals surface area (Å²) in [6.07, 6.45) is 0. The quantitative estimate of drug-likeness (QED) is 0.571. The predicted molar refractivity (Wildman–Crippen MR) is 107 cm³/mol. The Kier molecular flexibility index (Phi) is 4.43. The monoisotopic (exact) mass is 375 g/mol. The lowest BCUT2D eigenvalue weighted by Crippen LogP contribution is -2.14. The first-order valence-electron chi connectivity index (χ1n) is 9.13. The summed E-state index contributed by atoms with van der Waals surface area (Å²) in [6, 6.07) is 13.3. The highest BCUT2D eigenvalue weighted by Gasteiger charge is 2.18. The van der Waals surface area contributed by atoms with Gasteiger partial charge in [-0.15, -0.1) is 5.10 Å². The Morgan fingerprint density at radius 3 is 2.57 bits per heavy atom. The number of rotatable bonds is 4. The van der Waals surface area contributed by atoms with E-state index in [0.717, 1.165) is 11.3 Å². The van der Waals surface area contributed by atoms with Gasteiger partial charge >= 0.3 is 0 Å². The van der Waals surface area contributed by atoms with Crippen LogP contribution in [0.2, 0.25) is 0 Å². The third-order valence-corrected chi connectivity index (χ3v) is 4.54. The molecule has 142 valence electrons. The van der Waals surface area contributed by atoms with Crippen molar-refractivity contribution in [3.63, 3.8) is 0 Å². The standard InChI is InChI=1S/C21H21N5O2/c1-12(2)21-23-17-11-15(7-10-18(17)28-21)22-20(27)19-14(4)26(25-24-19)16-8-5-13(3)6-9-16/h5-12H,1-4H3,(H,22,27). The average Bonchev–Trinajstić information content (AvgIpc) is 3.26. The van der Waals surface area contributed by atoms with Gasteiger partial charge in [0.05, 0.1) is 11.4 Å². The summed E-state index contributed by atoms with van der Waals surface area (Å²) in [5.74, 6) is 0.558. The first-order valence-corrected chi connectivity index (χ1v) is 9.13. The molecule has 0 unspecified atom stereocenters. The van der Waals surface area contributed by atoms with Crippen molar-refractivity contribution in [2.24, 2.45) is 0 Å². The van der Waals surface area contributed by atoms with Gasteiger partial charge in [-0.2, -0.15) is 0 Å². The molecule has 0 aliphatic carbocycles. The lowest BCUT2D eigenvalue weighted by molar-refractivity contribution is 0.102. The zero-order valence-electron chi connectivity index (χ0n) is 16.2. The van der Waals surface area contributed by atoms with E-state index >= 15 is 0 Å². The average molecular weight is 375 g/mol. The van der Waals surface area contributed by atoms with Gasteiger partial charge in [-0.25, -0.2) is 9.67 Å². The highest BCUT2D eigenvalue weighted by atomic mass is 16.3. The Bertz CT molecular complexity index is 1160. The van der Waals surface area contributed by atoms with Gasteiger partial charge in [0, 0.05) is 11.6 Å². The molecule has 2 aromatic heterocycles. The maximum atomic E-state index is 12.7. The van der Waals surface area contributed by atoms with Crippen molar-refractivity contribution >= 4 is 22.7 Å². The summed E-state index contributed by atoms with van der Waals surface area (Å²) in [5.41, 5.74) is 5.01. The minimum Gasteiger partial charge on any atom is -0.440 e. The largest absolute Gasteiger partial charge is 0.440 e. The van der Waals surface area contributed by atoms with Crippen molar-refractivity contribution in [3.8, 4) is 5.69 Å². The van der Waals surface area contributed by atoms with Crippen LogP contribution in [-0.4, -0.2) is 25.9 Å². The topological polar surface area (TPSA) is 85.8 Å². The number of carbonyl (C=O) groups excluding carboxylic acids is 1. The van der Waals surface area contributed by atoms with E-state index < -0.39 is 0 Å². The fourth-order valence-electron chi connectivity index (χ4n) is 2.93. The summed E-state index contributed by atoms with van der Waals surface area (Å²) < 4.78 is 7.36. The Morgan fingerprint density at radius 1 is 1.11 bits per heavy atom. The summed E-state index contributed by atoms with van der Waals surface area (Å²) in [4.78, 5) is 17.2. The minimum absolute atomic E-state index is 0.199. The first-order chi connectivity index (χ1) is 13.4. The van der Waals surface area contributed by atoms with Crippen molar-refractivity contribution in [1.82, 2.24) is 20.0 Å². The molecule has 0 saturated carbocycles. The van der Waals surface area contributed by atoms with Crippen molar-refractivity contribution in [3.05, 3.63) is 65.3 Å². The van der Waals surface area contributed by atoms with E-state index in [1.165, 1.54) is 0 Å². The molecule has 0 fully saturated rings. The van der Waals surface area contributed by atoms with E-state index in [1.54, 1.807) is 22.9 Å². The van der Waals surface area contributed by atoms with Gasteiger partial charge in [0.25, 0.3) is 5.91 Å². The van der Waals surface area contributed by atoms with Crippen molar-refractivity contribution in [2.45, 2.75) is 33.6 Å². The van der Waals surface area contributed by atoms with Crippen LogP contribution in [0.15, 0.2) is 46.9 Å². The molecule has 0 aliphatic rings. The number of hydrogen-bond acceptors (Lipinski definition) is 5. The fraction of sp³-hybridized carbons (Fsp3) is 0.238. The Morgan fingerprint density at radius 2 is 1.86 bits per heavy atom. The minimum atomic E-state index is -0.317. The van der Waals surface area contributed by atoms with Gasteiger partial charge in [-0.1, -0.05) is 36.8 Å². The van der Waals surface area contributed by atoms with Crippen LogP contribution in [0.4, 0.5) is 5.69 Å². The molecule has 0 aliphatic heterocycles. The maximum absolute atomic E-state index is 12.7. The maximum Gasteiger partial charge on any atom is 0.278 e. The van der Waals surface area contributed by atoms with Gasteiger partial charge < -0.3 is 9.73 Å². The Hall–Kier alpha value is -3.48. The molecule has 0 saturated heterocycles. The summed E-state index contributed by atoms with van der Waals surface area (Å²) in [6.45, 7) is 7.89. The molecule has 2 heterocycles. The zero-order chi connectivity index (χ0) is 19.8. The lowest BCUT2D eigenvalue weighted by Gasteiger charge is -2.05. The number of aromatic nitrogens is 4. The van der Waals surface area contributed by atoms with Crippen molar-refractivity contribution in [2.75, 3.05) is 5.32 Å². The van der Waals surface area contributed by atoms with Crippen LogP contribution in [0.25, 0.3) is 16.8 Å². The molecule has 7 heteroatoms. The molecule has 0 spiro atoms. The van der Waals surface area contributed by atoms with Crippen LogP contribution in [0, 0.1) is 13.8 Å². The smallest absolute Gasteiger partial charge is 0.278 e. The summed E-state index contributed by atoms with van der Waals surface area (Å²) >= 11 is 0. The zero-order valence-corrected chi connectivity index (χ0v) is 16.2. The molecule has 1 N–H and O–H groups in total. The molecule has 7 nitrogen and oxygen atoms in total. The number of nitrogens with zero attached hydrogens (tertiary/aromatic N) is 4. The van der Waals surface area contributed by atoms with Crippen LogP contribution in [0.1, 0.15) is 47.4 Å². The molecule has 0 radical (unpaired) electrons. The second kappa shape index (κ2) is 6.92. The molecular formula is C21H21N5O2. The molecule has 4 aromatic rings. The SMILES string of the molecule is Cc1ccc(-n2nnc(C(=O)Nc3ccc4oc(C(C)C)nc4c3)c2C)cc1. The number of nitrogens with one attached hydrogen (secondary N) is 1. The van der Waals surface area contributed by atoms with Gasteiger partial charge in [0.1, 0.15) is 5.52 Å². The van der Waals surface area contributed by atoms with E-state index in [2.05, 4.69) is 20.6 Å². The van der Waals surface area contributed by atoms with Crippen LogP contribution < -0.4 is 5.32 Å². The second-order valence-electron chi connectivity index (χ2n) is 7.11. The van der Waals surface area contributed by atoms with E-state index in [9.17, 15) is 4.79 Å². The third-order valence-electron chi connectivity index (χ3n) is 4.54. The Labute approximate surface area is 162 Å². The van der Waals surface area contributed by atoms with Crippen LogP contribution in [-0.2, 0) is 0 Å². The molecule has 0 bridgehead atoms. The van der Waals surface area contributed by atoms with E-state index in [4.69, 9.17) is 4.42 Å². The molecule has 2 aromatic carbocycles. The summed E-state index contributed by atoms with van der Waals surface area (Å²) in [7, 11) is 0. The van der Waals surface area contributed by atoms with E-state index in [0.29, 0.717) is 28.4 Å². The van der Waals surface area contributed by atoms with E-state index in [1.807, 2.05) is 52.0 Å². The molecule has 0 atom stereocenters. The fourth-order valence-corrected chi connectivity index (χ4v) is 2.93. The highest BCUT2D eigenvalue weighted by Crippen LogP contribution is 2.24. The molecule has 4 rings (SSSR count). The number of aryl methyl sites for hydroxylation is 1. The van der Waals surface area contributed by atoms with Crippen LogP contribution in [0.3, 0.4) is 0 Å². The number of fused-ring (bicyclic) bond motifs is 1. The third kappa shape index (κ3) is 3.26. The highest BCUT2D eigenvalue weighted by molar-refractivity contribution is 6.04. The Balaban J connectivity index is 1.58. The van der Waals surface area contributed by atoms with Gasteiger partial charge in [-0.3, -0.25) is 4.79 Å². The number of benzene rings is 2. The predicted octanol–water partition coefficient (Wildman–Crippen LogP) is 4.40. The van der Waals surface area contributed by atoms with Gasteiger partial charge in [-0.05, 0) is 44.2 Å². The van der Waals surface area contributed by atoms with Gasteiger partial charge in [0.2, 0.25) is 0 Å². The normalized spacial score (nSPS) is 11.3. The van der Waals surface area contributed by atoms with Crippen molar-refractivity contribution < 1.29 is 9.21 Å². The van der Waals surface area contributed by atoms with Crippen LogP contribution in [0.5, 0.6) is 0 Å². The number of anilines is 1.